The number of nitrogens with zero attached hydrogens (tertiary/aromatic N) is 3. The summed E-state index contributed by atoms with van der Waals surface area (Å²) >= 11 is 1.48. The number of aromatic amines is 1. The summed E-state index contributed by atoms with van der Waals surface area (Å²) in [7, 11) is 0. The molecule has 0 amide bonds. The summed E-state index contributed by atoms with van der Waals surface area (Å²) < 4.78 is 1.64. The summed E-state index contributed by atoms with van der Waals surface area (Å²) in [4.78, 5) is 15.7. The molecule has 2 aromatic heterocycles. The number of H-pyrrole nitrogens is 1. The zero-order valence-electron chi connectivity index (χ0n) is 10.6. The van der Waals surface area contributed by atoms with Crippen LogP contribution in [-0.4, -0.2) is 19.7 Å². The van der Waals surface area contributed by atoms with Crippen LogP contribution in [0.4, 0.5) is 5.82 Å². The van der Waals surface area contributed by atoms with Crippen molar-refractivity contribution in [3.8, 4) is 0 Å². The summed E-state index contributed by atoms with van der Waals surface area (Å²) in [5.41, 5.74) is 3.35. The molecule has 0 aliphatic rings. The van der Waals surface area contributed by atoms with Crippen molar-refractivity contribution in [2.45, 2.75) is 30.8 Å². The third kappa shape index (κ3) is 3.15. The lowest BCUT2D eigenvalue weighted by Gasteiger charge is -2.07. The zero-order valence-corrected chi connectivity index (χ0v) is 11.4. The van der Waals surface area contributed by atoms with Gasteiger partial charge in [-0.15, -0.1) is 5.10 Å². The molecular weight excluding hydrogens is 264 g/mol. The molecule has 0 fully saturated rings. The molecule has 0 radical (unpaired) electrons. The lowest BCUT2D eigenvalue weighted by Crippen LogP contribution is -2.17. The van der Waals surface area contributed by atoms with Gasteiger partial charge in [0.1, 0.15) is 5.82 Å². The molecule has 2 heterocycles. The molecule has 0 spiro atoms. The van der Waals surface area contributed by atoms with Gasteiger partial charge in [-0.25, -0.2) is 20.7 Å². The van der Waals surface area contributed by atoms with Crippen LogP contribution in [0, 0.1) is 0 Å². The first-order valence-electron chi connectivity index (χ1n) is 5.94. The van der Waals surface area contributed by atoms with E-state index < -0.39 is 0 Å². The third-order valence-corrected chi connectivity index (χ3v) is 3.58. The second-order valence-corrected chi connectivity index (χ2v) is 4.85. The summed E-state index contributed by atoms with van der Waals surface area (Å²) in [5, 5.41) is 7.17. The predicted octanol–water partition coefficient (Wildman–Crippen LogP) is 0.954. The Kier molecular flexibility index (Phi) is 4.58. The smallest absolute Gasteiger partial charge is 0.308 e. The molecular formula is C11H16N6OS. The van der Waals surface area contributed by atoms with Gasteiger partial charge in [-0.3, -0.25) is 4.57 Å². The molecule has 8 heteroatoms. The Balaban J connectivity index is 2.12. The summed E-state index contributed by atoms with van der Waals surface area (Å²) in [6.45, 7) is 2.68. The second-order valence-electron chi connectivity index (χ2n) is 3.91. The fraction of sp³-hybridized carbons (Fsp3) is 0.364. The number of rotatable bonds is 6. The first kappa shape index (κ1) is 13.6. The number of hydrogen-bond donors (Lipinski definition) is 3. The Morgan fingerprint density at radius 1 is 1.58 bits per heavy atom. The summed E-state index contributed by atoms with van der Waals surface area (Å²) in [6, 6.07) is 3.78. The second kappa shape index (κ2) is 6.39. The van der Waals surface area contributed by atoms with Crippen LogP contribution in [0.1, 0.15) is 18.9 Å². The van der Waals surface area contributed by atoms with E-state index in [4.69, 9.17) is 5.84 Å². The van der Waals surface area contributed by atoms with Crippen molar-refractivity contribution in [2.75, 3.05) is 5.43 Å². The van der Waals surface area contributed by atoms with Crippen molar-refractivity contribution in [3.05, 3.63) is 34.4 Å². The molecule has 19 heavy (non-hydrogen) atoms. The van der Waals surface area contributed by atoms with Crippen LogP contribution in [0.15, 0.2) is 28.3 Å². The van der Waals surface area contributed by atoms with Crippen LogP contribution in [0.3, 0.4) is 0 Å². The first-order chi connectivity index (χ1) is 9.26. The third-order valence-electron chi connectivity index (χ3n) is 2.56. The average Bonchev–Trinajstić information content (AvgIpc) is 2.78. The maximum Gasteiger partial charge on any atom is 0.343 e. The van der Waals surface area contributed by atoms with Crippen molar-refractivity contribution < 1.29 is 0 Å². The van der Waals surface area contributed by atoms with Crippen LogP contribution in [-0.2, 0) is 12.3 Å². The molecule has 7 nitrogen and oxygen atoms in total. The molecule has 0 saturated heterocycles. The molecule has 4 N–H and O–H groups in total. The summed E-state index contributed by atoms with van der Waals surface area (Å²) in [6.07, 6.45) is 2.56. The van der Waals surface area contributed by atoms with Gasteiger partial charge in [0.25, 0.3) is 0 Å². The number of nitrogens with two attached hydrogens (primary N) is 1. The van der Waals surface area contributed by atoms with Gasteiger partial charge in [-0.1, -0.05) is 24.8 Å². The van der Waals surface area contributed by atoms with E-state index in [0.29, 0.717) is 23.3 Å². The summed E-state index contributed by atoms with van der Waals surface area (Å²) in [5.74, 6) is 6.68. The number of pyridine rings is 1. The maximum atomic E-state index is 11.6. The van der Waals surface area contributed by atoms with Crippen molar-refractivity contribution in [3.63, 3.8) is 0 Å². The molecule has 0 aromatic carbocycles. The van der Waals surface area contributed by atoms with Gasteiger partial charge in [0.2, 0.25) is 0 Å². The first-order valence-corrected chi connectivity index (χ1v) is 6.93. The Labute approximate surface area is 114 Å². The zero-order chi connectivity index (χ0) is 13.7. The highest BCUT2D eigenvalue weighted by molar-refractivity contribution is 7.98. The van der Waals surface area contributed by atoms with Crippen molar-refractivity contribution in [1.82, 2.24) is 19.7 Å². The highest BCUT2D eigenvalue weighted by Gasteiger charge is 2.09. The van der Waals surface area contributed by atoms with Crippen LogP contribution in [0.5, 0.6) is 0 Å². The van der Waals surface area contributed by atoms with Gasteiger partial charge < -0.3 is 5.43 Å². The van der Waals surface area contributed by atoms with Gasteiger partial charge in [0, 0.05) is 24.1 Å². The number of hydrazine groups is 1. The molecule has 0 aliphatic heterocycles. The molecule has 0 unspecified atom stereocenters. The number of anilines is 1. The monoisotopic (exact) mass is 280 g/mol. The van der Waals surface area contributed by atoms with E-state index >= 15 is 0 Å². The SMILES string of the molecule is CCCn1c(SCc2cccnc2NN)n[nH]c1=O. The van der Waals surface area contributed by atoms with Crippen molar-refractivity contribution >= 4 is 17.6 Å². The van der Waals surface area contributed by atoms with Crippen LogP contribution in [0.25, 0.3) is 0 Å². The highest BCUT2D eigenvalue weighted by Crippen LogP contribution is 2.22. The molecule has 0 bridgehead atoms. The standard InChI is InChI=1S/C11H16N6OS/c1-2-6-17-10(18)15-16-11(17)19-7-8-4-3-5-13-9(8)14-12/h3-5H,2,6-7,12H2,1H3,(H,13,14)(H,15,18). The van der Waals surface area contributed by atoms with E-state index in [1.54, 1.807) is 10.8 Å². The van der Waals surface area contributed by atoms with Gasteiger partial charge in [-0.2, -0.15) is 0 Å². The minimum absolute atomic E-state index is 0.173. The molecule has 0 saturated carbocycles. The van der Waals surface area contributed by atoms with Crippen LogP contribution in [0.2, 0.25) is 0 Å². The van der Waals surface area contributed by atoms with Crippen molar-refractivity contribution in [1.29, 1.82) is 0 Å². The number of nitrogen functional groups attached to an aromatic ring is 1. The fourth-order valence-corrected chi connectivity index (χ4v) is 2.62. The Morgan fingerprint density at radius 3 is 3.16 bits per heavy atom. The van der Waals surface area contributed by atoms with E-state index in [2.05, 4.69) is 20.6 Å². The van der Waals surface area contributed by atoms with Gasteiger partial charge >= 0.3 is 5.69 Å². The lowest BCUT2D eigenvalue weighted by molar-refractivity contribution is 0.604. The number of thioether (sulfide) groups is 1. The van der Waals surface area contributed by atoms with Crippen LogP contribution < -0.4 is 17.0 Å². The lowest BCUT2D eigenvalue weighted by atomic mass is 10.3. The Hall–Kier alpha value is -1.80. The molecule has 2 rings (SSSR count). The normalized spacial score (nSPS) is 10.6. The number of aromatic nitrogens is 4. The highest BCUT2D eigenvalue weighted by atomic mass is 32.2. The van der Waals surface area contributed by atoms with E-state index in [1.165, 1.54) is 11.8 Å². The van der Waals surface area contributed by atoms with Gasteiger partial charge in [0.05, 0.1) is 0 Å². The quantitative estimate of drug-likeness (QED) is 0.414. The van der Waals surface area contributed by atoms with E-state index in [9.17, 15) is 4.79 Å². The number of hydrogen-bond acceptors (Lipinski definition) is 6. The van der Waals surface area contributed by atoms with E-state index in [1.807, 2.05) is 19.1 Å². The fourth-order valence-electron chi connectivity index (χ4n) is 1.66. The maximum absolute atomic E-state index is 11.6. The van der Waals surface area contributed by atoms with Gasteiger partial charge in [0.15, 0.2) is 5.16 Å². The van der Waals surface area contributed by atoms with Crippen molar-refractivity contribution in [2.24, 2.45) is 5.84 Å². The molecule has 0 aliphatic carbocycles. The largest absolute Gasteiger partial charge is 0.343 e. The minimum Gasteiger partial charge on any atom is -0.308 e. The molecule has 2 aromatic rings. The van der Waals surface area contributed by atoms with Crippen LogP contribution >= 0.6 is 11.8 Å². The number of nitrogens with one attached hydrogen (secondary N) is 2. The average molecular weight is 280 g/mol. The Morgan fingerprint density at radius 2 is 2.42 bits per heavy atom. The topological polar surface area (TPSA) is 102 Å². The Bertz CT molecular complexity index is 593. The van der Waals surface area contributed by atoms with Gasteiger partial charge in [-0.05, 0) is 12.5 Å². The molecule has 102 valence electrons. The van der Waals surface area contributed by atoms with E-state index in [0.717, 1.165) is 12.0 Å². The van der Waals surface area contributed by atoms with E-state index in [-0.39, 0.29) is 5.69 Å². The predicted molar refractivity (Wildman–Crippen MR) is 74.7 cm³/mol. The minimum atomic E-state index is -0.173. The molecule has 0 atom stereocenters.